The molecule has 0 saturated heterocycles. The SMILES string of the molecule is CNc1cccc(Nc2nc(Nc3cccc(C(=O)NCCN(C)C)c3)n3ncc(CCCCCO)c3n2)c1. The number of fused-ring (bicyclic) bond motifs is 1. The normalized spacial score (nSPS) is 11.1. The van der Waals surface area contributed by atoms with E-state index in [9.17, 15) is 4.79 Å². The van der Waals surface area contributed by atoms with Crippen LogP contribution in [0.5, 0.6) is 0 Å². The summed E-state index contributed by atoms with van der Waals surface area (Å²) >= 11 is 0. The number of carbonyl (C=O) groups is 1. The second-order valence-electron chi connectivity index (χ2n) is 9.53. The third-order valence-electron chi connectivity index (χ3n) is 6.18. The van der Waals surface area contributed by atoms with Crippen molar-refractivity contribution in [1.29, 1.82) is 0 Å². The smallest absolute Gasteiger partial charge is 0.251 e. The number of aliphatic hydroxyl groups is 1. The monoisotopic (exact) mass is 531 g/mol. The molecule has 4 aromatic rings. The van der Waals surface area contributed by atoms with Crippen LogP contribution >= 0.6 is 0 Å². The zero-order valence-corrected chi connectivity index (χ0v) is 22.7. The summed E-state index contributed by atoms with van der Waals surface area (Å²) in [6, 6.07) is 15.2. The van der Waals surface area contributed by atoms with E-state index in [1.165, 1.54) is 0 Å². The number of amides is 1. The van der Waals surface area contributed by atoms with E-state index in [4.69, 9.17) is 15.1 Å². The summed E-state index contributed by atoms with van der Waals surface area (Å²) in [5.41, 5.74) is 4.77. The highest BCUT2D eigenvalue weighted by molar-refractivity contribution is 5.95. The Morgan fingerprint density at radius 1 is 0.974 bits per heavy atom. The van der Waals surface area contributed by atoms with Gasteiger partial charge in [0.25, 0.3) is 5.91 Å². The van der Waals surface area contributed by atoms with Crippen molar-refractivity contribution in [3.05, 3.63) is 65.9 Å². The average molecular weight is 532 g/mol. The van der Waals surface area contributed by atoms with E-state index >= 15 is 0 Å². The molecule has 1 amide bonds. The van der Waals surface area contributed by atoms with Gasteiger partial charge < -0.3 is 31.3 Å². The fraction of sp³-hybridized carbons (Fsp3) is 0.357. The van der Waals surface area contributed by atoms with E-state index in [0.29, 0.717) is 35.3 Å². The quantitative estimate of drug-likeness (QED) is 0.155. The van der Waals surface area contributed by atoms with Crippen molar-refractivity contribution in [3.63, 3.8) is 0 Å². The topological polar surface area (TPSA) is 132 Å². The standard InChI is InChI=1S/C28H37N9O2/c1-29-22-11-8-13-24(18-22)32-27-34-25-21(9-5-4-6-16-38)19-31-37(25)28(35-27)33-23-12-7-10-20(17-23)26(39)30-14-15-36(2)3/h7-8,10-13,17-19,29,38H,4-6,9,14-16H2,1-3H3,(H,30,39)(H2,32,33,34,35). The molecule has 0 radical (unpaired) electrons. The van der Waals surface area contributed by atoms with Gasteiger partial charge >= 0.3 is 0 Å². The van der Waals surface area contributed by atoms with E-state index in [1.807, 2.05) is 68.6 Å². The zero-order valence-electron chi connectivity index (χ0n) is 22.7. The lowest BCUT2D eigenvalue weighted by atomic mass is 10.1. The van der Waals surface area contributed by atoms with Gasteiger partial charge in [-0.1, -0.05) is 18.6 Å². The van der Waals surface area contributed by atoms with Crippen molar-refractivity contribution in [2.45, 2.75) is 25.7 Å². The molecule has 2 aromatic heterocycles. The molecule has 0 aliphatic rings. The Morgan fingerprint density at radius 2 is 1.74 bits per heavy atom. The number of likely N-dealkylation sites (N-methyl/N-ethyl adjacent to an activating group) is 1. The third kappa shape index (κ3) is 7.65. The summed E-state index contributed by atoms with van der Waals surface area (Å²) in [7, 11) is 5.81. The third-order valence-corrected chi connectivity index (χ3v) is 6.18. The molecular formula is C28H37N9O2. The minimum atomic E-state index is -0.135. The molecule has 0 bridgehead atoms. The Balaban J connectivity index is 1.62. The first-order chi connectivity index (χ1) is 19.0. The lowest BCUT2D eigenvalue weighted by Crippen LogP contribution is -2.31. The van der Waals surface area contributed by atoms with E-state index in [2.05, 4.69) is 26.4 Å². The van der Waals surface area contributed by atoms with Gasteiger partial charge in [-0.3, -0.25) is 4.79 Å². The summed E-state index contributed by atoms with van der Waals surface area (Å²) in [4.78, 5) is 24.2. The number of unbranched alkanes of at least 4 members (excludes halogenated alkanes) is 2. The Bertz CT molecular complexity index is 1390. The molecule has 0 atom stereocenters. The predicted molar refractivity (Wildman–Crippen MR) is 155 cm³/mol. The molecule has 0 aliphatic heterocycles. The van der Waals surface area contributed by atoms with Crippen LogP contribution in [-0.2, 0) is 6.42 Å². The Kier molecular flexibility index (Phi) is 9.65. The molecular weight excluding hydrogens is 494 g/mol. The first kappa shape index (κ1) is 27.8. The van der Waals surface area contributed by atoms with Crippen LogP contribution in [0.25, 0.3) is 5.65 Å². The molecule has 2 heterocycles. The minimum Gasteiger partial charge on any atom is -0.396 e. The van der Waals surface area contributed by atoms with Gasteiger partial charge in [-0.2, -0.15) is 19.6 Å². The van der Waals surface area contributed by atoms with E-state index in [1.54, 1.807) is 16.6 Å². The molecule has 11 nitrogen and oxygen atoms in total. The highest BCUT2D eigenvalue weighted by Crippen LogP contribution is 2.24. The number of benzene rings is 2. The van der Waals surface area contributed by atoms with Crippen LogP contribution in [-0.4, -0.2) is 76.3 Å². The number of hydrogen-bond acceptors (Lipinski definition) is 9. The summed E-state index contributed by atoms with van der Waals surface area (Å²) in [6.07, 6.45) is 5.22. The second kappa shape index (κ2) is 13.5. The number of nitrogens with zero attached hydrogens (tertiary/aromatic N) is 5. The van der Waals surface area contributed by atoms with Gasteiger partial charge in [0.15, 0.2) is 5.65 Å². The van der Waals surface area contributed by atoms with Gasteiger partial charge in [0, 0.05) is 54.9 Å². The number of aryl methyl sites for hydroxylation is 1. The average Bonchev–Trinajstić information content (AvgIpc) is 3.34. The lowest BCUT2D eigenvalue weighted by Gasteiger charge is -2.13. The van der Waals surface area contributed by atoms with Crippen molar-refractivity contribution < 1.29 is 9.90 Å². The number of nitrogens with one attached hydrogen (secondary N) is 4. The summed E-state index contributed by atoms with van der Waals surface area (Å²) < 4.78 is 1.68. The van der Waals surface area contributed by atoms with Gasteiger partial charge in [-0.15, -0.1) is 0 Å². The lowest BCUT2D eigenvalue weighted by molar-refractivity contribution is 0.0951. The van der Waals surface area contributed by atoms with Gasteiger partial charge in [-0.05, 0) is 69.8 Å². The number of hydrogen-bond donors (Lipinski definition) is 5. The van der Waals surface area contributed by atoms with Crippen LogP contribution in [0.2, 0.25) is 0 Å². The molecule has 5 N–H and O–H groups in total. The number of aromatic nitrogens is 4. The molecule has 39 heavy (non-hydrogen) atoms. The first-order valence-electron chi connectivity index (χ1n) is 13.2. The van der Waals surface area contributed by atoms with Crippen molar-refractivity contribution in [1.82, 2.24) is 29.8 Å². The maximum atomic E-state index is 12.7. The molecule has 0 unspecified atom stereocenters. The number of rotatable bonds is 14. The molecule has 0 aliphatic carbocycles. The van der Waals surface area contributed by atoms with Gasteiger partial charge in [0.1, 0.15) is 0 Å². The molecule has 0 saturated carbocycles. The van der Waals surface area contributed by atoms with Crippen LogP contribution in [0.15, 0.2) is 54.7 Å². The molecule has 4 rings (SSSR count). The first-order valence-corrected chi connectivity index (χ1v) is 13.2. The van der Waals surface area contributed by atoms with Gasteiger partial charge in [0.2, 0.25) is 11.9 Å². The van der Waals surface area contributed by atoms with Crippen LogP contribution < -0.4 is 21.3 Å². The van der Waals surface area contributed by atoms with Crippen LogP contribution in [0, 0.1) is 0 Å². The van der Waals surface area contributed by atoms with Crippen molar-refractivity contribution in [3.8, 4) is 0 Å². The van der Waals surface area contributed by atoms with Gasteiger partial charge in [0.05, 0.1) is 6.20 Å². The summed E-state index contributed by atoms with van der Waals surface area (Å²) in [5.74, 6) is 0.761. The largest absolute Gasteiger partial charge is 0.396 e. The summed E-state index contributed by atoms with van der Waals surface area (Å²) in [6.45, 7) is 1.52. The maximum absolute atomic E-state index is 12.7. The van der Waals surface area contributed by atoms with Crippen LogP contribution in [0.4, 0.5) is 29.0 Å². The number of carbonyl (C=O) groups excluding carboxylic acids is 1. The Morgan fingerprint density at radius 3 is 2.51 bits per heavy atom. The summed E-state index contributed by atoms with van der Waals surface area (Å²) in [5, 5.41) is 26.4. The number of aliphatic hydroxyl groups excluding tert-OH is 1. The molecule has 0 spiro atoms. The van der Waals surface area contributed by atoms with Crippen LogP contribution in [0.1, 0.15) is 35.2 Å². The van der Waals surface area contributed by atoms with E-state index in [0.717, 1.165) is 49.2 Å². The fourth-order valence-electron chi connectivity index (χ4n) is 4.08. The van der Waals surface area contributed by atoms with E-state index < -0.39 is 0 Å². The Hall–Kier alpha value is -4.22. The minimum absolute atomic E-state index is 0.135. The van der Waals surface area contributed by atoms with E-state index in [-0.39, 0.29) is 12.5 Å². The molecule has 2 aromatic carbocycles. The predicted octanol–water partition coefficient (Wildman–Crippen LogP) is 3.65. The second-order valence-corrected chi connectivity index (χ2v) is 9.53. The zero-order chi connectivity index (χ0) is 27.6. The fourth-order valence-corrected chi connectivity index (χ4v) is 4.08. The Labute approximate surface area is 228 Å². The van der Waals surface area contributed by atoms with Crippen LogP contribution in [0.3, 0.4) is 0 Å². The van der Waals surface area contributed by atoms with Crippen molar-refractivity contribution in [2.75, 3.05) is 56.8 Å². The molecule has 11 heteroatoms. The molecule has 0 fully saturated rings. The maximum Gasteiger partial charge on any atom is 0.251 e. The highest BCUT2D eigenvalue weighted by Gasteiger charge is 2.15. The van der Waals surface area contributed by atoms with Crippen molar-refractivity contribution in [2.24, 2.45) is 0 Å². The highest BCUT2D eigenvalue weighted by atomic mass is 16.2. The van der Waals surface area contributed by atoms with Crippen molar-refractivity contribution >= 4 is 40.5 Å². The van der Waals surface area contributed by atoms with Gasteiger partial charge in [-0.25, -0.2) is 0 Å². The molecule has 206 valence electrons. The number of anilines is 5.